The van der Waals surface area contributed by atoms with Gasteiger partial charge in [-0.2, -0.15) is 0 Å². The molecule has 0 fully saturated rings. The first kappa shape index (κ1) is 14.8. The molecule has 0 aromatic heterocycles. The number of hydrogen-bond acceptors (Lipinski definition) is 5. The molecule has 0 aromatic rings. The minimum absolute atomic E-state index is 0.927. The molecular formula is C10H27N5. The molecule has 92 valence electrons. The van der Waals surface area contributed by atoms with Crippen molar-refractivity contribution in [3.8, 4) is 0 Å². The summed E-state index contributed by atoms with van der Waals surface area (Å²) in [5, 5.41) is 6.28. The molecule has 0 aliphatic carbocycles. The highest BCUT2D eigenvalue weighted by molar-refractivity contribution is 4.55. The van der Waals surface area contributed by atoms with Crippen molar-refractivity contribution in [2.45, 2.75) is 0 Å². The van der Waals surface area contributed by atoms with E-state index in [0.717, 1.165) is 33.1 Å². The van der Waals surface area contributed by atoms with E-state index in [1.54, 1.807) is 0 Å². The normalized spacial score (nSPS) is 12.0. The van der Waals surface area contributed by atoms with E-state index in [2.05, 4.69) is 46.5 Å². The molecule has 0 unspecified atom stereocenters. The predicted octanol–water partition coefficient (Wildman–Crippen LogP) is -0.907. The van der Waals surface area contributed by atoms with Crippen molar-refractivity contribution in [2.24, 2.45) is 0 Å². The second kappa shape index (κ2) is 9.06. The summed E-state index contributed by atoms with van der Waals surface area (Å²) < 4.78 is 0. The highest BCUT2D eigenvalue weighted by Gasteiger charge is 2.03. The van der Waals surface area contributed by atoms with Gasteiger partial charge in [0.1, 0.15) is 0 Å². The molecule has 0 aliphatic heterocycles. The van der Waals surface area contributed by atoms with E-state index in [-0.39, 0.29) is 0 Å². The lowest BCUT2D eigenvalue weighted by molar-refractivity contribution is 0.160. The Morgan fingerprint density at radius 2 is 1.20 bits per heavy atom. The molecule has 2 N–H and O–H groups in total. The monoisotopic (exact) mass is 217 g/mol. The van der Waals surface area contributed by atoms with Gasteiger partial charge in [-0.1, -0.05) is 0 Å². The van der Waals surface area contributed by atoms with Gasteiger partial charge < -0.3 is 10.6 Å². The summed E-state index contributed by atoms with van der Waals surface area (Å²) in [4.78, 5) is 6.84. The molecule has 0 rings (SSSR count). The largest absolute Gasteiger partial charge is 0.307 e. The van der Waals surface area contributed by atoms with Crippen molar-refractivity contribution in [1.29, 1.82) is 0 Å². The Hall–Kier alpha value is -0.200. The number of nitrogens with one attached hydrogen (secondary N) is 2. The lowest BCUT2D eigenvalue weighted by Crippen LogP contribution is -2.41. The van der Waals surface area contributed by atoms with E-state index in [4.69, 9.17) is 0 Å². The smallest absolute Gasteiger partial charge is 0.0512 e. The standard InChI is InChI=1S/C10H27N5/c1-11-8-13(3)6-7-14(4)10-15(5)9-12-2/h11-12H,6-10H2,1-5H3. The third-order valence-electron chi connectivity index (χ3n) is 2.20. The fourth-order valence-electron chi connectivity index (χ4n) is 1.49. The molecule has 0 aliphatic rings. The minimum Gasteiger partial charge on any atom is -0.307 e. The maximum atomic E-state index is 3.14. The zero-order valence-electron chi connectivity index (χ0n) is 10.9. The third kappa shape index (κ3) is 8.77. The molecule has 0 heterocycles. The molecule has 0 amide bonds. The van der Waals surface area contributed by atoms with Gasteiger partial charge in [0.2, 0.25) is 0 Å². The van der Waals surface area contributed by atoms with Crippen LogP contribution >= 0.6 is 0 Å². The zero-order valence-corrected chi connectivity index (χ0v) is 10.9. The summed E-state index contributed by atoms with van der Waals surface area (Å²) in [5.41, 5.74) is 0. The van der Waals surface area contributed by atoms with Crippen LogP contribution in [0.5, 0.6) is 0 Å². The fraction of sp³-hybridized carbons (Fsp3) is 1.00. The van der Waals surface area contributed by atoms with Gasteiger partial charge in [-0.05, 0) is 35.2 Å². The highest BCUT2D eigenvalue weighted by atomic mass is 15.3. The second-order valence-corrected chi connectivity index (χ2v) is 4.18. The molecule has 5 heteroatoms. The van der Waals surface area contributed by atoms with Crippen LogP contribution in [0.15, 0.2) is 0 Å². The lowest BCUT2D eigenvalue weighted by Gasteiger charge is -2.26. The highest BCUT2D eigenvalue weighted by Crippen LogP contribution is 1.88. The van der Waals surface area contributed by atoms with Crippen molar-refractivity contribution >= 4 is 0 Å². The van der Waals surface area contributed by atoms with Crippen LogP contribution in [-0.4, -0.2) is 83.0 Å². The second-order valence-electron chi connectivity index (χ2n) is 4.18. The number of hydrogen-bond donors (Lipinski definition) is 2. The quantitative estimate of drug-likeness (QED) is 0.489. The van der Waals surface area contributed by atoms with Crippen molar-refractivity contribution in [1.82, 2.24) is 25.3 Å². The Balaban J connectivity index is 3.51. The predicted molar refractivity (Wildman–Crippen MR) is 65.7 cm³/mol. The molecule has 5 nitrogen and oxygen atoms in total. The van der Waals surface area contributed by atoms with E-state index in [9.17, 15) is 0 Å². The zero-order chi connectivity index (χ0) is 11.7. The van der Waals surface area contributed by atoms with E-state index < -0.39 is 0 Å². The van der Waals surface area contributed by atoms with Crippen LogP contribution < -0.4 is 10.6 Å². The summed E-state index contributed by atoms with van der Waals surface area (Å²) in [6.45, 7) is 5.04. The van der Waals surface area contributed by atoms with Crippen molar-refractivity contribution in [2.75, 3.05) is 68.3 Å². The van der Waals surface area contributed by atoms with E-state index >= 15 is 0 Å². The SMILES string of the molecule is CNCN(C)CCN(C)CN(C)CNC. The molecule has 0 aromatic carbocycles. The van der Waals surface area contributed by atoms with Gasteiger partial charge in [-0.25, -0.2) is 0 Å². The maximum absolute atomic E-state index is 3.14. The Kier molecular flexibility index (Phi) is 8.94. The molecule has 0 saturated heterocycles. The first-order chi connectivity index (χ1) is 7.10. The summed E-state index contributed by atoms with van der Waals surface area (Å²) in [6, 6.07) is 0. The van der Waals surface area contributed by atoms with Crippen LogP contribution in [-0.2, 0) is 0 Å². The van der Waals surface area contributed by atoms with Crippen molar-refractivity contribution < 1.29 is 0 Å². The molecule has 0 spiro atoms. The average Bonchev–Trinajstić information content (AvgIpc) is 2.15. The Morgan fingerprint density at radius 1 is 0.733 bits per heavy atom. The van der Waals surface area contributed by atoms with Crippen LogP contribution in [0, 0.1) is 0 Å². The summed E-state index contributed by atoms with van der Waals surface area (Å²) >= 11 is 0. The van der Waals surface area contributed by atoms with Gasteiger partial charge in [-0.3, -0.25) is 14.7 Å². The molecule has 15 heavy (non-hydrogen) atoms. The Morgan fingerprint density at radius 3 is 1.73 bits per heavy atom. The topological polar surface area (TPSA) is 33.8 Å². The molecule has 0 bridgehead atoms. The van der Waals surface area contributed by atoms with Crippen molar-refractivity contribution in [3.63, 3.8) is 0 Å². The summed E-state index contributed by atoms with van der Waals surface area (Å²) in [5.74, 6) is 0. The maximum Gasteiger partial charge on any atom is 0.0512 e. The van der Waals surface area contributed by atoms with Gasteiger partial charge in [0, 0.05) is 26.4 Å². The first-order valence-electron chi connectivity index (χ1n) is 5.45. The summed E-state index contributed by atoms with van der Waals surface area (Å²) in [7, 11) is 10.3. The van der Waals surface area contributed by atoms with Gasteiger partial charge in [0.25, 0.3) is 0 Å². The van der Waals surface area contributed by atoms with E-state index in [1.807, 2.05) is 14.1 Å². The lowest BCUT2D eigenvalue weighted by atomic mass is 10.5. The Bertz CT molecular complexity index is 142. The van der Waals surface area contributed by atoms with Crippen LogP contribution in [0.4, 0.5) is 0 Å². The number of rotatable bonds is 9. The molecule has 0 saturated carbocycles. The molecule has 0 atom stereocenters. The van der Waals surface area contributed by atoms with Crippen LogP contribution in [0.2, 0.25) is 0 Å². The van der Waals surface area contributed by atoms with Crippen molar-refractivity contribution in [3.05, 3.63) is 0 Å². The van der Waals surface area contributed by atoms with Gasteiger partial charge in [0.05, 0.1) is 6.67 Å². The van der Waals surface area contributed by atoms with Crippen LogP contribution in [0.25, 0.3) is 0 Å². The van der Waals surface area contributed by atoms with Crippen LogP contribution in [0.1, 0.15) is 0 Å². The number of nitrogens with zero attached hydrogens (tertiary/aromatic N) is 3. The average molecular weight is 217 g/mol. The minimum atomic E-state index is 0.927. The first-order valence-corrected chi connectivity index (χ1v) is 5.45. The van der Waals surface area contributed by atoms with Gasteiger partial charge in [-0.15, -0.1) is 0 Å². The molecular weight excluding hydrogens is 190 g/mol. The van der Waals surface area contributed by atoms with Gasteiger partial charge >= 0.3 is 0 Å². The molecule has 0 radical (unpaired) electrons. The summed E-state index contributed by atoms with van der Waals surface area (Å²) in [6.07, 6.45) is 0. The fourth-order valence-corrected chi connectivity index (χ4v) is 1.49. The van der Waals surface area contributed by atoms with E-state index in [1.165, 1.54) is 0 Å². The third-order valence-corrected chi connectivity index (χ3v) is 2.20. The Labute approximate surface area is 94.4 Å². The van der Waals surface area contributed by atoms with Gasteiger partial charge in [0.15, 0.2) is 0 Å². The van der Waals surface area contributed by atoms with E-state index in [0.29, 0.717) is 0 Å². The van der Waals surface area contributed by atoms with Crippen LogP contribution in [0.3, 0.4) is 0 Å². The number of likely N-dealkylation sites (N-methyl/N-ethyl adjacent to an activating group) is 2.